The number of aromatic amines is 1. The van der Waals surface area contributed by atoms with E-state index in [9.17, 15) is 9.59 Å². The van der Waals surface area contributed by atoms with E-state index in [1.165, 1.54) is 0 Å². The molecule has 0 saturated carbocycles. The molecule has 0 spiro atoms. The van der Waals surface area contributed by atoms with Crippen molar-refractivity contribution in [2.45, 2.75) is 6.92 Å². The Hall–Kier alpha value is -2.41. The number of benzene rings is 1. The van der Waals surface area contributed by atoms with Gasteiger partial charge in [0, 0.05) is 38.2 Å². The molecule has 1 saturated heterocycles. The lowest BCUT2D eigenvalue weighted by molar-refractivity contribution is -0.137. The van der Waals surface area contributed by atoms with Crippen molar-refractivity contribution in [2.24, 2.45) is 0 Å². The molecule has 1 aromatic carbocycles. The van der Waals surface area contributed by atoms with E-state index in [0.717, 1.165) is 10.9 Å². The first-order valence-electron chi connectivity index (χ1n) is 7.78. The first kappa shape index (κ1) is 15.5. The van der Waals surface area contributed by atoms with E-state index in [1.807, 2.05) is 31.2 Å². The van der Waals surface area contributed by atoms with Crippen LogP contribution in [0, 0.1) is 0 Å². The number of carbonyl (C=O) groups excluding carboxylic acids is 2. The quantitative estimate of drug-likeness (QED) is 0.908. The lowest BCUT2D eigenvalue weighted by Crippen LogP contribution is -2.51. The van der Waals surface area contributed by atoms with Gasteiger partial charge in [0.15, 0.2) is 5.69 Å². The number of H-pyrrole nitrogens is 1. The molecule has 122 valence electrons. The van der Waals surface area contributed by atoms with Crippen molar-refractivity contribution in [3.05, 3.63) is 30.0 Å². The summed E-state index contributed by atoms with van der Waals surface area (Å²) >= 11 is 0. The van der Waals surface area contributed by atoms with Gasteiger partial charge in [0.05, 0.1) is 5.52 Å². The topological polar surface area (TPSA) is 78.5 Å². The van der Waals surface area contributed by atoms with Crippen molar-refractivity contribution in [2.75, 3.05) is 39.4 Å². The summed E-state index contributed by atoms with van der Waals surface area (Å²) in [5.74, 6) is -0.122. The Morgan fingerprint density at radius 1 is 1.17 bits per heavy atom. The van der Waals surface area contributed by atoms with Crippen LogP contribution in [0.3, 0.4) is 0 Å². The van der Waals surface area contributed by atoms with Crippen LogP contribution >= 0.6 is 0 Å². The van der Waals surface area contributed by atoms with E-state index in [2.05, 4.69) is 10.2 Å². The molecule has 0 atom stereocenters. The van der Waals surface area contributed by atoms with Crippen LogP contribution in [0.4, 0.5) is 0 Å². The second-order valence-electron chi connectivity index (χ2n) is 5.43. The van der Waals surface area contributed by atoms with Gasteiger partial charge in [0.2, 0.25) is 5.91 Å². The molecule has 1 aliphatic rings. The molecule has 2 amide bonds. The fraction of sp³-hybridized carbons (Fsp3) is 0.438. The van der Waals surface area contributed by atoms with Crippen LogP contribution in [-0.2, 0) is 9.53 Å². The minimum Gasteiger partial charge on any atom is -0.372 e. The largest absolute Gasteiger partial charge is 0.372 e. The van der Waals surface area contributed by atoms with Crippen molar-refractivity contribution >= 4 is 22.7 Å². The Bertz CT molecular complexity index is 704. The SMILES string of the molecule is CCOCC(=O)N1CCN(C(=O)c2n[nH]c3ccccc23)CC1. The summed E-state index contributed by atoms with van der Waals surface area (Å²) in [6.07, 6.45) is 0. The van der Waals surface area contributed by atoms with Crippen molar-refractivity contribution < 1.29 is 14.3 Å². The maximum Gasteiger partial charge on any atom is 0.275 e. The summed E-state index contributed by atoms with van der Waals surface area (Å²) in [7, 11) is 0. The number of piperazine rings is 1. The number of amides is 2. The van der Waals surface area contributed by atoms with E-state index in [1.54, 1.807) is 9.80 Å². The van der Waals surface area contributed by atoms with Crippen molar-refractivity contribution in [3.63, 3.8) is 0 Å². The monoisotopic (exact) mass is 316 g/mol. The number of ether oxygens (including phenoxy) is 1. The molecule has 7 heteroatoms. The molecule has 7 nitrogen and oxygen atoms in total. The highest BCUT2D eigenvalue weighted by molar-refractivity contribution is 6.04. The Balaban J connectivity index is 1.63. The molecule has 1 fully saturated rings. The molecule has 23 heavy (non-hydrogen) atoms. The smallest absolute Gasteiger partial charge is 0.275 e. The maximum absolute atomic E-state index is 12.6. The number of nitrogens with zero attached hydrogens (tertiary/aromatic N) is 3. The summed E-state index contributed by atoms with van der Waals surface area (Å²) < 4.78 is 5.14. The zero-order valence-electron chi connectivity index (χ0n) is 13.1. The van der Waals surface area contributed by atoms with E-state index >= 15 is 0 Å². The number of fused-ring (bicyclic) bond motifs is 1. The molecule has 3 rings (SSSR count). The zero-order chi connectivity index (χ0) is 16.2. The van der Waals surface area contributed by atoms with Crippen molar-refractivity contribution in [1.29, 1.82) is 0 Å². The number of rotatable bonds is 4. The summed E-state index contributed by atoms with van der Waals surface area (Å²) in [6.45, 7) is 4.57. The van der Waals surface area contributed by atoms with Gasteiger partial charge in [0.25, 0.3) is 5.91 Å². The number of nitrogens with one attached hydrogen (secondary N) is 1. The molecular weight excluding hydrogens is 296 g/mol. The van der Waals surface area contributed by atoms with Crippen LogP contribution in [-0.4, -0.2) is 71.2 Å². The summed E-state index contributed by atoms with van der Waals surface area (Å²) in [6, 6.07) is 7.56. The Kier molecular flexibility index (Phi) is 4.57. The average Bonchev–Trinajstić information content (AvgIpc) is 3.03. The van der Waals surface area contributed by atoms with Gasteiger partial charge in [-0.15, -0.1) is 0 Å². The Morgan fingerprint density at radius 3 is 2.61 bits per heavy atom. The van der Waals surface area contributed by atoms with Gasteiger partial charge in [0.1, 0.15) is 6.61 Å². The summed E-state index contributed by atoms with van der Waals surface area (Å²) in [5, 5.41) is 7.85. The summed E-state index contributed by atoms with van der Waals surface area (Å²) in [5.41, 5.74) is 1.29. The number of para-hydroxylation sites is 1. The van der Waals surface area contributed by atoms with Crippen LogP contribution in [0.15, 0.2) is 24.3 Å². The number of hydrogen-bond acceptors (Lipinski definition) is 4. The molecule has 0 bridgehead atoms. The molecule has 0 aliphatic carbocycles. The van der Waals surface area contributed by atoms with Crippen LogP contribution in [0.1, 0.15) is 17.4 Å². The van der Waals surface area contributed by atoms with Crippen molar-refractivity contribution in [1.82, 2.24) is 20.0 Å². The highest BCUT2D eigenvalue weighted by Gasteiger charge is 2.26. The van der Waals surface area contributed by atoms with E-state index in [0.29, 0.717) is 38.5 Å². The van der Waals surface area contributed by atoms with Gasteiger partial charge in [-0.25, -0.2) is 0 Å². The van der Waals surface area contributed by atoms with Crippen molar-refractivity contribution in [3.8, 4) is 0 Å². The van der Waals surface area contributed by atoms with E-state index in [-0.39, 0.29) is 18.4 Å². The first-order chi connectivity index (χ1) is 11.2. The molecular formula is C16H20N4O3. The molecule has 2 aromatic rings. The first-order valence-corrected chi connectivity index (χ1v) is 7.78. The van der Waals surface area contributed by atoms with E-state index in [4.69, 9.17) is 4.74 Å². The predicted octanol–water partition coefficient (Wildman–Crippen LogP) is 0.884. The third-order valence-electron chi connectivity index (χ3n) is 4.02. The molecule has 0 radical (unpaired) electrons. The standard InChI is InChI=1S/C16H20N4O3/c1-2-23-11-14(21)19-7-9-20(10-8-19)16(22)15-12-5-3-4-6-13(12)17-18-15/h3-6H,2,7-11H2,1H3,(H,17,18). The number of aromatic nitrogens is 2. The van der Waals surface area contributed by atoms with Gasteiger partial charge >= 0.3 is 0 Å². The second kappa shape index (κ2) is 6.78. The minimum absolute atomic E-state index is 0.0239. The number of carbonyl (C=O) groups is 2. The molecule has 1 N–H and O–H groups in total. The third kappa shape index (κ3) is 3.19. The predicted molar refractivity (Wildman–Crippen MR) is 85.1 cm³/mol. The maximum atomic E-state index is 12.6. The summed E-state index contributed by atoms with van der Waals surface area (Å²) in [4.78, 5) is 28.0. The highest BCUT2D eigenvalue weighted by Crippen LogP contribution is 2.17. The van der Waals surface area contributed by atoms with Gasteiger partial charge in [-0.05, 0) is 13.0 Å². The number of hydrogen-bond donors (Lipinski definition) is 1. The fourth-order valence-electron chi connectivity index (χ4n) is 2.72. The molecule has 2 heterocycles. The molecule has 1 aliphatic heterocycles. The Morgan fingerprint density at radius 2 is 1.87 bits per heavy atom. The normalized spacial score (nSPS) is 15.2. The average molecular weight is 316 g/mol. The van der Waals surface area contributed by atoms with Crippen LogP contribution in [0.25, 0.3) is 10.9 Å². The second-order valence-corrected chi connectivity index (χ2v) is 5.43. The van der Waals surface area contributed by atoms with Crippen LogP contribution in [0.2, 0.25) is 0 Å². The third-order valence-corrected chi connectivity index (χ3v) is 4.02. The lowest BCUT2D eigenvalue weighted by Gasteiger charge is -2.34. The van der Waals surface area contributed by atoms with E-state index < -0.39 is 0 Å². The minimum atomic E-state index is -0.0978. The van der Waals surface area contributed by atoms with Gasteiger partial charge in [-0.2, -0.15) is 5.10 Å². The van der Waals surface area contributed by atoms with Crippen LogP contribution < -0.4 is 0 Å². The lowest BCUT2D eigenvalue weighted by atomic mass is 10.2. The van der Waals surface area contributed by atoms with Crippen LogP contribution in [0.5, 0.6) is 0 Å². The molecule has 0 unspecified atom stereocenters. The van der Waals surface area contributed by atoms with Gasteiger partial charge in [-0.3, -0.25) is 14.7 Å². The Labute approximate surface area is 134 Å². The molecule has 1 aromatic heterocycles. The zero-order valence-corrected chi connectivity index (χ0v) is 13.1. The fourth-order valence-corrected chi connectivity index (χ4v) is 2.72. The van der Waals surface area contributed by atoms with Gasteiger partial charge in [-0.1, -0.05) is 18.2 Å². The highest BCUT2D eigenvalue weighted by atomic mass is 16.5. The van der Waals surface area contributed by atoms with Gasteiger partial charge < -0.3 is 14.5 Å².